The quantitative estimate of drug-likeness (QED) is 0.622. The molecular formula is C10H12FNO. The van der Waals surface area contributed by atoms with E-state index in [-0.39, 0.29) is 5.82 Å². The first-order valence-electron chi connectivity index (χ1n) is 4.48. The molecule has 1 heterocycles. The minimum absolute atomic E-state index is 0.336. The second kappa shape index (κ2) is 3.24. The summed E-state index contributed by atoms with van der Waals surface area (Å²) in [5.74, 6) is 0.0589. The molecule has 13 heavy (non-hydrogen) atoms. The Hall–Kier alpha value is -1.25. The lowest BCUT2D eigenvalue weighted by molar-refractivity contribution is 0.301. The highest BCUT2D eigenvalue weighted by Gasteiger charge is 2.14. The Labute approximate surface area is 76.5 Å². The summed E-state index contributed by atoms with van der Waals surface area (Å²) in [6.45, 7) is 0.605. The molecule has 1 aromatic carbocycles. The van der Waals surface area contributed by atoms with Crippen LogP contribution in [0.5, 0.6) is 5.75 Å². The third kappa shape index (κ3) is 1.59. The van der Waals surface area contributed by atoms with Crippen LogP contribution < -0.4 is 10.5 Å². The molecule has 0 fully saturated rings. The number of nitrogen functional groups attached to an aromatic ring is 1. The van der Waals surface area contributed by atoms with E-state index >= 15 is 0 Å². The fourth-order valence-corrected chi connectivity index (χ4v) is 1.61. The van der Waals surface area contributed by atoms with Gasteiger partial charge in [-0.25, -0.2) is 4.39 Å². The van der Waals surface area contributed by atoms with Crippen LogP contribution in [0.25, 0.3) is 0 Å². The average molecular weight is 181 g/mol. The summed E-state index contributed by atoms with van der Waals surface area (Å²) >= 11 is 0. The number of hydrogen-bond acceptors (Lipinski definition) is 2. The summed E-state index contributed by atoms with van der Waals surface area (Å²) < 4.78 is 18.6. The van der Waals surface area contributed by atoms with Crippen LogP contribution in [0.1, 0.15) is 18.4 Å². The minimum atomic E-state index is -0.336. The highest BCUT2D eigenvalue weighted by molar-refractivity contribution is 5.49. The normalized spacial score (nSPS) is 15.8. The SMILES string of the molecule is Nc1cc(F)c2c(c1)CCCCO2. The summed E-state index contributed by atoms with van der Waals surface area (Å²) in [5, 5.41) is 0. The molecule has 2 N–H and O–H groups in total. The van der Waals surface area contributed by atoms with Gasteiger partial charge < -0.3 is 10.5 Å². The summed E-state index contributed by atoms with van der Waals surface area (Å²) in [7, 11) is 0. The maximum Gasteiger partial charge on any atom is 0.167 e. The predicted octanol–water partition coefficient (Wildman–Crippen LogP) is 2.12. The highest BCUT2D eigenvalue weighted by atomic mass is 19.1. The van der Waals surface area contributed by atoms with Crippen molar-refractivity contribution in [3.05, 3.63) is 23.5 Å². The van der Waals surface area contributed by atoms with Crippen molar-refractivity contribution in [3.63, 3.8) is 0 Å². The van der Waals surface area contributed by atoms with E-state index in [4.69, 9.17) is 10.5 Å². The average Bonchev–Trinajstić information content (AvgIpc) is 2.28. The summed E-state index contributed by atoms with van der Waals surface area (Å²) in [6, 6.07) is 3.11. The van der Waals surface area contributed by atoms with Crippen molar-refractivity contribution in [2.75, 3.05) is 12.3 Å². The topological polar surface area (TPSA) is 35.2 Å². The van der Waals surface area contributed by atoms with E-state index in [2.05, 4.69) is 0 Å². The van der Waals surface area contributed by atoms with Crippen LogP contribution in [0.15, 0.2) is 12.1 Å². The number of aryl methyl sites for hydroxylation is 1. The Kier molecular flexibility index (Phi) is 2.08. The number of fused-ring (bicyclic) bond motifs is 1. The molecule has 1 aromatic rings. The Morgan fingerprint density at radius 1 is 1.31 bits per heavy atom. The molecule has 0 bridgehead atoms. The maximum atomic E-state index is 13.3. The highest BCUT2D eigenvalue weighted by Crippen LogP contribution is 2.29. The molecule has 0 aliphatic carbocycles. The molecule has 0 saturated carbocycles. The Balaban J connectivity index is 2.47. The number of rotatable bonds is 0. The molecule has 1 aliphatic rings. The van der Waals surface area contributed by atoms with Gasteiger partial charge in [0.15, 0.2) is 11.6 Å². The number of ether oxygens (including phenoxy) is 1. The lowest BCUT2D eigenvalue weighted by Crippen LogP contribution is -1.99. The fourth-order valence-electron chi connectivity index (χ4n) is 1.61. The Morgan fingerprint density at radius 2 is 2.15 bits per heavy atom. The molecule has 2 rings (SSSR count). The van der Waals surface area contributed by atoms with Crippen molar-refractivity contribution >= 4 is 5.69 Å². The maximum absolute atomic E-state index is 13.3. The molecule has 0 aromatic heterocycles. The van der Waals surface area contributed by atoms with Gasteiger partial charge >= 0.3 is 0 Å². The summed E-state index contributed by atoms with van der Waals surface area (Å²) in [6.07, 6.45) is 2.88. The second-order valence-electron chi connectivity index (χ2n) is 3.30. The molecule has 0 unspecified atom stereocenters. The number of anilines is 1. The molecule has 0 saturated heterocycles. The standard InChI is InChI=1S/C10H12FNO/c11-9-6-8(12)5-7-3-1-2-4-13-10(7)9/h5-6H,1-4,12H2. The molecule has 0 amide bonds. The first-order chi connectivity index (χ1) is 6.27. The van der Waals surface area contributed by atoms with Crippen LogP contribution in [0, 0.1) is 5.82 Å². The largest absolute Gasteiger partial charge is 0.490 e. The number of hydrogen-bond donors (Lipinski definition) is 1. The van der Waals surface area contributed by atoms with Gasteiger partial charge in [-0.3, -0.25) is 0 Å². The van der Waals surface area contributed by atoms with Gasteiger partial charge in [0.05, 0.1) is 6.61 Å². The summed E-state index contributed by atoms with van der Waals surface area (Å²) in [4.78, 5) is 0. The van der Waals surface area contributed by atoms with Gasteiger partial charge in [0, 0.05) is 11.8 Å². The minimum Gasteiger partial charge on any atom is -0.490 e. The van der Waals surface area contributed by atoms with E-state index in [0.717, 1.165) is 24.8 Å². The second-order valence-corrected chi connectivity index (χ2v) is 3.30. The van der Waals surface area contributed by atoms with Gasteiger partial charge in [0.1, 0.15) is 0 Å². The first kappa shape index (κ1) is 8.35. The lowest BCUT2D eigenvalue weighted by atomic mass is 10.1. The Morgan fingerprint density at radius 3 is 3.00 bits per heavy atom. The van der Waals surface area contributed by atoms with Gasteiger partial charge in [-0.05, 0) is 30.9 Å². The van der Waals surface area contributed by atoms with Crippen molar-refractivity contribution in [2.45, 2.75) is 19.3 Å². The zero-order valence-electron chi connectivity index (χ0n) is 7.35. The third-order valence-corrected chi connectivity index (χ3v) is 2.23. The lowest BCUT2D eigenvalue weighted by Gasteiger charge is -2.08. The third-order valence-electron chi connectivity index (χ3n) is 2.23. The van der Waals surface area contributed by atoms with E-state index in [1.54, 1.807) is 6.07 Å². The van der Waals surface area contributed by atoms with E-state index < -0.39 is 0 Å². The molecule has 0 spiro atoms. The zero-order valence-corrected chi connectivity index (χ0v) is 7.35. The van der Waals surface area contributed by atoms with Gasteiger partial charge in [0.25, 0.3) is 0 Å². The van der Waals surface area contributed by atoms with Gasteiger partial charge in [-0.1, -0.05) is 0 Å². The van der Waals surface area contributed by atoms with Crippen LogP contribution in [0.4, 0.5) is 10.1 Å². The first-order valence-corrected chi connectivity index (χ1v) is 4.48. The van der Waals surface area contributed by atoms with Crippen molar-refractivity contribution in [1.82, 2.24) is 0 Å². The van der Waals surface area contributed by atoms with E-state index in [9.17, 15) is 4.39 Å². The molecule has 3 heteroatoms. The number of halogens is 1. The number of benzene rings is 1. The smallest absolute Gasteiger partial charge is 0.167 e. The van der Waals surface area contributed by atoms with Gasteiger partial charge in [-0.15, -0.1) is 0 Å². The van der Waals surface area contributed by atoms with Crippen LogP contribution >= 0.6 is 0 Å². The van der Waals surface area contributed by atoms with E-state index in [1.807, 2.05) is 0 Å². The monoisotopic (exact) mass is 181 g/mol. The van der Waals surface area contributed by atoms with Crippen LogP contribution in [0.3, 0.4) is 0 Å². The van der Waals surface area contributed by atoms with Gasteiger partial charge in [0.2, 0.25) is 0 Å². The predicted molar refractivity (Wildman–Crippen MR) is 49.2 cm³/mol. The molecule has 70 valence electrons. The molecule has 0 atom stereocenters. The molecule has 0 radical (unpaired) electrons. The van der Waals surface area contributed by atoms with E-state index in [0.29, 0.717) is 18.0 Å². The fraction of sp³-hybridized carbons (Fsp3) is 0.400. The van der Waals surface area contributed by atoms with Crippen molar-refractivity contribution in [3.8, 4) is 5.75 Å². The van der Waals surface area contributed by atoms with Crippen LogP contribution in [0.2, 0.25) is 0 Å². The number of nitrogens with two attached hydrogens (primary N) is 1. The van der Waals surface area contributed by atoms with Crippen molar-refractivity contribution < 1.29 is 9.13 Å². The molecule has 1 aliphatic heterocycles. The van der Waals surface area contributed by atoms with Crippen LogP contribution in [-0.4, -0.2) is 6.61 Å². The molecular weight excluding hydrogens is 169 g/mol. The Bertz CT molecular complexity index is 325. The zero-order chi connectivity index (χ0) is 9.26. The summed E-state index contributed by atoms with van der Waals surface area (Å²) in [5.41, 5.74) is 6.91. The van der Waals surface area contributed by atoms with E-state index in [1.165, 1.54) is 6.07 Å². The van der Waals surface area contributed by atoms with Crippen molar-refractivity contribution in [1.29, 1.82) is 0 Å². The molecule has 2 nitrogen and oxygen atoms in total. The van der Waals surface area contributed by atoms with Crippen molar-refractivity contribution in [2.24, 2.45) is 0 Å². The van der Waals surface area contributed by atoms with Gasteiger partial charge in [-0.2, -0.15) is 0 Å². The van der Waals surface area contributed by atoms with Crippen LogP contribution in [-0.2, 0) is 6.42 Å².